The van der Waals surface area contributed by atoms with Crippen molar-refractivity contribution >= 4 is 5.78 Å². The Bertz CT molecular complexity index is 377. The van der Waals surface area contributed by atoms with Gasteiger partial charge in [0.05, 0.1) is 6.10 Å². The predicted molar refractivity (Wildman–Crippen MR) is 65.8 cm³/mol. The van der Waals surface area contributed by atoms with Gasteiger partial charge in [-0.25, -0.2) is 0 Å². The minimum absolute atomic E-state index is 0.0567. The first-order valence-corrected chi connectivity index (χ1v) is 6.29. The van der Waals surface area contributed by atoms with E-state index in [1.165, 1.54) is 0 Å². The van der Waals surface area contributed by atoms with Gasteiger partial charge in [0.25, 0.3) is 0 Å². The number of carbonyl (C=O) groups is 1. The number of Topliss-reactive ketones (excluding diaryl/α,β-unsaturated/α-hetero) is 1. The van der Waals surface area contributed by atoms with Crippen molar-refractivity contribution in [1.29, 1.82) is 0 Å². The van der Waals surface area contributed by atoms with Crippen LogP contribution < -0.4 is 0 Å². The minimum atomic E-state index is -0.0567. The largest absolute Gasteiger partial charge is 0.377 e. The smallest absolute Gasteiger partial charge is 0.145 e. The van der Waals surface area contributed by atoms with E-state index in [9.17, 15) is 4.79 Å². The fraction of sp³-hybridized carbons (Fsp3) is 0.571. The standard InChI is InChI=1S/C14H19NO2/c1-3-13-12(6-9-17-13)14(16)10(2)11-4-7-15-8-5-11/h4-5,7-8,10,12-13H,3,6,9H2,1-2H3. The van der Waals surface area contributed by atoms with Crippen LogP contribution in [0.15, 0.2) is 24.5 Å². The summed E-state index contributed by atoms with van der Waals surface area (Å²) in [5, 5.41) is 0. The minimum Gasteiger partial charge on any atom is -0.377 e. The molecule has 17 heavy (non-hydrogen) atoms. The Morgan fingerprint density at radius 2 is 2.24 bits per heavy atom. The summed E-state index contributed by atoms with van der Waals surface area (Å²) < 4.78 is 5.59. The van der Waals surface area contributed by atoms with Crippen molar-refractivity contribution in [3.8, 4) is 0 Å². The van der Waals surface area contributed by atoms with Crippen molar-refractivity contribution in [3.05, 3.63) is 30.1 Å². The van der Waals surface area contributed by atoms with Gasteiger partial charge in [0.2, 0.25) is 0 Å². The molecule has 0 saturated carbocycles. The summed E-state index contributed by atoms with van der Waals surface area (Å²) in [5.41, 5.74) is 1.05. The van der Waals surface area contributed by atoms with Crippen molar-refractivity contribution in [1.82, 2.24) is 4.98 Å². The van der Waals surface area contributed by atoms with Crippen molar-refractivity contribution < 1.29 is 9.53 Å². The van der Waals surface area contributed by atoms with E-state index < -0.39 is 0 Å². The second-order valence-electron chi connectivity index (χ2n) is 4.62. The SMILES string of the molecule is CCC1OCCC1C(=O)C(C)c1ccncc1. The van der Waals surface area contributed by atoms with Gasteiger partial charge < -0.3 is 4.74 Å². The monoisotopic (exact) mass is 233 g/mol. The van der Waals surface area contributed by atoms with Gasteiger partial charge in [-0.2, -0.15) is 0 Å². The molecule has 0 aliphatic carbocycles. The van der Waals surface area contributed by atoms with E-state index in [0.29, 0.717) is 5.78 Å². The summed E-state index contributed by atoms with van der Waals surface area (Å²) in [6.07, 6.45) is 5.38. The van der Waals surface area contributed by atoms with Crippen LogP contribution in [0.25, 0.3) is 0 Å². The summed E-state index contributed by atoms with van der Waals surface area (Å²) in [7, 11) is 0. The van der Waals surface area contributed by atoms with E-state index >= 15 is 0 Å². The average molecular weight is 233 g/mol. The maximum absolute atomic E-state index is 12.4. The number of nitrogens with zero attached hydrogens (tertiary/aromatic N) is 1. The Morgan fingerprint density at radius 1 is 1.53 bits per heavy atom. The molecule has 3 unspecified atom stereocenters. The fourth-order valence-corrected chi connectivity index (χ4v) is 2.51. The topological polar surface area (TPSA) is 39.2 Å². The van der Waals surface area contributed by atoms with Crippen LogP contribution in [0.3, 0.4) is 0 Å². The van der Waals surface area contributed by atoms with E-state index in [1.807, 2.05) is 19.1 Å². The van der Waals surface area contributed by atoms with E-state index in [4.69, 9.17) is 4.74 Å². The third kappa shape index (κ3) is 2.55. The molecule has 3 atom stereocenters. The first-order chi connectivity index (χ1) is 8.24. The molecule has 1 aromatic heterocycles. The van der Waals surface area contributed by atoms with Crippen LogP contribution in [-0.2, 0) is 9.53 Å². The third-order valence-corrected chi connectivity index (χ3v) is 3.61. The summed E-state index contributed by atoms with van der Waals surface area (Å²) in [6.45, 7) is 4.77. The molecule has 1 aliphatic rings. The number of hydrogen-bond acceptors (Lipinski definition) is 3. The van der Waals surface area contributed by atoms with Crippen molar-refractivity contribution in [3.63, 3.8) is 0 Å². The molecular weight excluding hydrogens is 214 g/mol. The quantitative estimate of drug-likeness (QED) is 0.802. The van der Waals surface area contributed by atoms with E-state index in [2.05, 4.69) is 11.9 Å². The first-order valence-electron chi connectivity index (χ1n) is 6.29. The van der Waals surface area contributed by atoms with Crippen molar-refractivity contribution in [2.45, 2.75) is 38.7 Å². The first kappa shape index (κ1) is 12.2. The lowest BCUT2D eigenvalue weighted by Crippen LogP contribution is -2.27. The Morgan fingerprint density at radius 3 is 2.88 bits per heavy atom. The number of rotatable bonds is 4. The molecule has 2 rings (SSSR count). The van der Waals surface area contributed by atoms with Gasteiger partial charge in [0, 0.05) is 30.8 Å². The van der Waals surface area contributed by atoms with Crippen LogP contribution in [0.5, 0.6) is 0 Å². The molecule has 3 heteroatoms. The summed E-state index contributed by atoms with van der Waals surface area (Å²) in [6, 6.07) is 3.83. The second-order valence-corrected chi connectivity index (χ2v) is 4.62. The van der Waals surface area contributed by atoms with Crippen LogP contribution in [0.1, 0.15) is 38.2 Å². The Labute approximate surface area is 102 Å². The Balaban J connectivity index is 2.10. The molecule has 0 N–H and O–H groups in total. The zero-order valence-corrected chi connectivity index (χ0v) is 10.4. The van der Waals surface area contributed by atoms with Gasteiger partial charge in [-0.3, -0.25) is 9.78 Å². The lowest BCUT2D eigenvalue weighted by atomic mass is 9.85. The molecule has 2 heterocycles. The van der Waals surface area contributed by atoms with Crippen LogP contribution in [0.2, 0.25) is 0 Å². The fourth-order valence-electron chi connectivity index (χ4n) is 2.51. The van der Waals surface area contributed by atoms with Crippen LogP contribution >= 0.6 is 0 Å². The number of carbonyl (C=O) groups excluding carboxylic acids is 1. The predicted octanol–water partition coefficient (Wildman–Crippen LogP) is 2.57. The Kier molecular flexibility index (Phi) is 3.89. The summed E-state index contributed by atoms with van der Waals surface area (Å²) in [5.74, 6) is 0.322. The highest BCUT2D eigenvalue weighted by atomic mass is 16.5. The highest BCUT2D eigenvalue weighted by molar-refractivity contribution is 5.88. The molecule has 1 aromatic rings. The zero-order chi connectivity index (χ0) is 12.3. The molecule has 0 bridgehead atoms. The molecule has 1 aliphatic heterocycles. The molecule has 92 valence electrons. The molecule has 0 spiro atoms. The van der Waals surface area contributed by atoms with Gasteiger partial charge >= 0.3 is 0 Å². The Hall–Kier alpha value is -1.22. The van der Waals surface area contributed by atoms with Crippen LogP contribution in [0.4, 0.5) is 0 Å². The van der Waals surface area contributed by atoms with E-state index in [-0.39, 0.29) is 17.9 Å². The summed E-state index contributed by atoms with van der Waals surface area (Å²) in [4.78, 5) is 16.4. The molecule has 1 saturated heterocycles. The lowest BCUT2D eigenvalue weighted by Gasteiger charge is -2.19. The van der Waals surface area contributed by atoms with Crippen molar-refractivity contribution in [2.24, 2.45) is 5.92 Å². The lowest BCUT2D eigenvalue weighted by molar-refractivity contribution is -0.125. The zero-order valence-electron chi connectivity index (χ0n) is 10.4. The van der Waals surface area contributed by atoms with Crippen molar-refractivity contribution in [2.75, 3.05) is 6.61 Å². The van der Waals surface area contributed by atoms with Crippen LogP contribution in [-0.4, -0.2) is 23.5 Å². The van der Waals surface area contributed by atoms with E-state index in [0.717, 1.165) is 25.0 Å². The number of pyridine rings is 1. The maximum atomic E-state index is 12.4. The van der Waals surface area contributed by atoms with Gasteiger partial charge in [-0.1, -0.05) is 13.8 Å². The number of aromatic nitrogens is 1. The molecule has 0 amide bonds. The highest BCUT2D eigenvalue weighted by Crippen LogP contribution is 2.30. The summed E-state index contributed by atoms with van der Waals surface area (Å²) >= 11 is 0. The van der Waals surface area contributed by atoms with Gasteiger partial charge in [0.1, 0.15) is 5.78 Å². The van der Waals surface area contributed by atoms with Gasteiger partial charge in [0.15, 0.2) is 0 Å². The average Bonchev–Trinajstić information content (AvgIpc) is 2.86. The molecular formula is C14H19NO2. The second kappa shape index (κ2) is 5.41. The molecule has 3 nitrogen and oxygen atoms in total. The van der Waals surface area contributed by atoms with E-state index in [1.54, 1.807) is 12.4 Å². The third-order valence-electron chi connectivity index (χ3n) is 3.61. The number of hydrogen-bond donors (Lipinski definition) is 0. The van der Waals surface area contributed by atoms with Gasteiger partial charge in [-0.05, 0) is 30.5 Å². The van der Waals surface area contributed by atoms with Gasteiger partial charge in [-0.15, -0.1) is 0 Å². The molecule has 1 fully saturated rings. The molecule has 0 radical (unpaired) electrons. The van der Waals surface area contributed by atoms with Crippen LogP contribution in [0, 0.1) is 5.92 Å². The highest BCUT2D eigenvalue weighted by Gasteiger charge is 2.35. The maximum Gasteiger partial charge on any atom is 0.145 e. The molecule has 0 aromatic carbocycles. The number of ether oxygens (including phenoxy) is 1. The number of ketones is 1. The normalized spacial score (nSPS) is 25.8.